The first-order valence-electron chi connectivity index (χ1n) is 6.66. The highest BCUT2D eigenvalue weighted by Gasteiger charge is 2.14. The fourth-order valence-corrected chi connectivity index (χ4v) is 2.57. The summed E-state index contributed by atoms with van der Waals surface area (Å²) in [6, 6.07) is 10.8. The molecule has 4 heteroatoms. The molecule has 2 rings (SSSR count). The molecule has 0 spiro atoms. The number of nitrogens with one attached hydrogen (secondary N) is 1. The zero-order valence-corrected chi connectivity index (χ0v) is 13.0. The molecule has 19 heavy (non-hydrogen) atoms. The van der Waals surface area contributed by atoms with Crippen LogP contribution in [0.2, 0.25) is 0 Å². The number of nitrogens with zero attached hydrogens (tertiary/aromatic N) is 2. The van der Waals surface area contributed by atoms with E-state index in [0.717, 1.165) is 29.6 Å². The van der Waals surface area contributed by atoms with E-state index in [9.17, 15) is 0 Å². The summed E-state index contributed by atoms with van der Waals surface area (Å²) in [6.07, 6.45) is 4.08. The molecular weight excluding hydrogens is 302 g/mol. The second-order valence-corrected chi connectivity index (χ2v) is 5.67. The van der Waals surface area contributed by atoms with Crippen LogP contribution >= 0.6 is 15.9 Å². The first-order valence-corrected chi connectivity index (χ1v) is 7.45. The van der Waals surface area contributed by atoms with Crippen molar-refractivity contribution in [2.45, 2.75) is 25.8 Å². The van der Waals surface area contributed by atoms with Crippen molar-refractivity contribution in [3.8, 4) is 0 Å². The molecule has 1 unspecified atom stereocenters. The van der Waals surface area contributed by atoms with Gasteiger partial charge in [0.05, 0.1) is 11.7 Å². The molecule has 1 atom stereocenters. The van der Waals surface area contributed by atoms with Crippen molar-refractivity contribution < 1.29 is 0 Å². The summed E-state index contributed by atoms with van der Waals surface area (Å²) in [4.78, 5) is 0. The number of hydrogen-bond acceptors (Lipinski definition) is 2. The van der Waals surface area contributed by atoms with Crippen LogP contribution in [0.3, 0.4) is 0 Å². The topological polar surface area (TPSA) is 29.9 Å². The third-order valence-corrected chi connectivity index (χ3v) is 3.55. The van der Waals surface area contributed by atoms with Gasteiger partial charge in [0.1, 0.15) is 0 Å². The van der Waals surface area contributed by atoms with Crippen LogP contribution in [0.4, 0.5) is 0 Å². The minimum absolute atomic E-state index is 0.274. The monoisotopic (exact) mass is 321 g/mol. The van der Waals surface area contributed by atoms with Crippen LogP contribution in [0, 0.1) is 0 Å². The summed E-state index contributed by atoms with van der Waals surface area (Å²) < 4.78 is 2.98. The molecule has 102 valence electrons. The zero-order chi connectivity index (χ0) is 13.7. The maximum absolute atomic E-state index is 4.52. The lowest BCUT2D eigenvalue weighted by Crippen LogP contribution is -2.24. The van der Waals surface area contributed by atoms with Gasteiger partial charge in [0, 0.05) is 17.7 Å². The quantitative estimate of drug-likeness (QED) is 0.883. The average Bonchev–Trinajstić information content (AvgIpc) is 2.81. The van der Waals surface area contributed by atoms with E-state index < -0.39 is 0 Å². The first-order chi connectivity index (χ1) is 9.19. The predicted molar refractivity (Wildman–Crippen MR) is 82.1 cm³/mol. The highest BCUT2D eigenvalue weighted by Crippen LogP contribution is 2.19. The first kappa shape index (κ1) is 14.3. The van der Waals surface area contributed by atoms with Gasteiger partial charge < -0.3 is 5.32 Å². The fourth-order valence-electron chi connectivity index (χ4n) is 2.12. The molecule has 0 radical (unpaired) electrons. The van der Waals surface area contributed by atoms with E-state index >= 15 is 0 Å². The molecule has 0 saturated heterocycles. The number of halogens is 1. The van der Waals surface area contributed by atoms with Gasteiger partial charge in [0.25, 0.3) is 0 Å². The SMILES string of the molecule is CCCNC(Cc1cccc(Br)c1)c1ccn(C)n1. The van der Waals surface area contributed by atoms with Gasteiger partial charge in [0.15, 0.2) is 0 Å². The third-order valence-electron chi connectivity index (χ3n) is 3.06. The fraction of sp³-hybridized carbons (Fsp3) is 0.400. The van der Waals surface area contributed by atoms with Crippen molar-refractivity contribution in [2.24, 2.45) is 7.05 Å². The molecule has 0 aliphatic rings. The van der Waals surface area contributed by atoms with Gasteiger partial charge in [-0.3, -0.25) is 4.68 Å². The third kappa shape index (κ3) is 4.18. The Labute approximate surface area is 123 Å². The Kier molecular flexibility index (Phi) is 5.16. The summed E-state index contributed by atoms with van der Waals surface area (Å²) in [6.45, 7) is 3.19. The average molecular weight is 322 g/mol. The smallest absolute Gasteiger partial charge is 0.0797 e. The Morgan fingerprint density at radius 1 is 1.37 bits per heavy atom. The van der Waals surface area contributed by atoms with Crippen molar-refractivity contribution in [1.29, 1.82) is 0 Å². The number of benzene rings is 1. The molecule has 1 aromatic heterocycles. The molecule has 1 heterocycles. The van der Waals surface area contributed by atoms with Gasteiger partial charge in [-0.15, -0.1) is 0 Å². The lowest BCUT2D eigenvalue weighted by atomic mass is 10.0. The minimum Gasteiger partial charge on any atom is -0.308 e. The standard InChI is InChI=1S/C15H20BrN3/c1-3-8-17-15(14-7-9-19(2)18-14)11-12-5-4-6-13(16)10-12/h4-7,9-10,15,17H,3,8,11H2,1-2H3. The predicted octanol–water partition coefficient (Wildman–Crippen LogP) is 3.47. The Balaban J connectivity index is 2.13. The molecule has 1 N–H and O–H groups in total. The molecule has 1 aromatic carbocycles. The summed E-state index contributed by atoms with van der Waals surface area (Å²) in [5, 5.41) is 8.10. The van der Waals surface area contributed by atoms with E-state index in [4.69, 9.17) is 0 Å². The zero-order valence-electron chi connectivity index (χ0n) is 11.4. The molecule has 0 bridgehead atoms. The maximum atomic E-state index is 4.52. The molecule has 0 amide bonds. The molecule has 0 saturated carbocycles. The summed E-state index contributed by atoms with van der Waals surface area (Å²) in [5.41, 5.74) is 2.42. The molecule has 3 nitrogen and oxygen atoms in total. The van der Waals surface area contributed by atoms with Crippen molar-refractivity contribution in [2.75, 3.05) is 6.54 Å². The number of aryl methyl sites for hydroxylation is 1. The molecular formula is C15H20BrN3. The van der Waals surface area contributed by atoms with Crippen molar-refractivity contribution in [1.82, 2.24) is 15.1 Å². The van der Waals surface area contributed by atoms with Crippen LogP contribution in [0.5, 0.6) is 0 Å². The van der Waals surface area contributed by atoms with E-state index in [1.807, 2.05) is 17.9 Å². The Morgan fingerprint density at radius 3 is 2.84 bits per heavy atom. The summed E-state index contributed by atoms with van der Waals surface area (Å²) in [7, 11) is 1.96. The van der Waals surface area contributed by atoms with Crippen LogP contribution in [0.1, 0.15) is 30.6 Å². The van der Waals surface area contributed by atoms with Gasteiger partial charge in [0.2, 0.25) is 0 Å². The van der Waals surface area contributed by atoms with Gasteiger partial charge in [-0.05, 0) is 43.1 Å². The van der Waals surface area contributed by atoms with Crippen LogP contribution in [0.25, 0.3) is 0 Å². The van der Waals surface area contributed by atoms with Crippen LogP contribution in [-0.2, 0) is 13.5 Å². The highest BCUT2D eigenvalue weighted by atomic mass is 79.9. The second kappa shape index (κ2) is 6.87. The normalized spacial score (nSPS) is 12.6. The summed E-state index contributed by atoms with van der Waals surface area (Å²) in [5.74, 6) is 0. The van der Waals surface area contributed by atoms with Gasteiger partial charge in [-0.25, -0.2) is 0 Å². The van der Waals surface area contributed by atoms with Gasteiger partial charge >= 0.3 is 0 Å². The van der Waals surface area contributed by atoms with Crippen molar-refractivity contribution in [3.05, 3.63) is 52.3 Å². The molecule has 0 fully saturated rings. The second-order valence-electron chi connectivity index (χ2n) is 4.76. The number of rotatable bonds is 6. The minimum atomic E-state index is 0.274. The molecule has 0 aliphatic carbocycles. The Hall–Kier alpha value is -1.13. The van der Waals surface area contributed by atoms with Crippen LogP contribution in [0.15, 0.2) is 41.0 Å². The maximum Gasteiger partial charge on any atom is 0.0797 e. The van der Waals surface area contributed by atoms with Crippen molar-refractivity contribution >= 4 is 15.9 Å². The van der Waals surface area contributed by atoms with Crippen molar-refractivity contribution in [3.63, 3.8) is 0 Å². The Morgan fingerprint density at radius 2 is 2.21 bits per heavy atom. The number of aromatic nitrogens is 2. The largest absolute Gasteiger partial charge is 0.308 e. The van der Waals surface area contributed by atoms with E-state index in [2.05, 4.69) is 63.6 Å². The number of hydrogen-bond donors (Lipinski definition) is 1. The van der Waals surface area contributed by atoms with Crippen LogP contribution < -0.4 is 5.32 Å². The van der Waals surface area contributed by atoms with E-state index in [1.54, 1.807) is 0 Å². The molecule has 2 aromatic rings. The van der Waals surface area contributed by atoms with Gasteiger partial charge in [-0.2, -0.15) is 5.10 Å². The lowest BCUT2D eigenvalue weighted by Gasteiger charge is -2.16. The van der Waals surface area contributed by atoms with E-state index in [0.29, 0.717) is 0 Å². The van der Waals surface area contributed by atoms with E-state index in [-0.39, 0.29) is 6.04 Å². The lowest BCUT2D eigenvalue weighted by molar-refractivity contribution is 0.510. The summed E-state index contributed by atoms with van der Waals surface area (Å²) >= 11 is 3.52. The van der Waals surface area contributed by atoms with Gasteiger partial charge in [-0.1, -0.05) is 35.0 Å². The van der Waals surface area contributed by atoms with E-state index in [1.165, 1.54) is 5.56 Å². The molecule has 0 aliphatic heterocycles. The Bertz CT molecular complexity index is 522. The van der Waals surface area contributed by atoms with Crippen LogP contribution in [-0.4, -0.2) is 16.3 Å². The highest BCUT2D eigenvalue weighted by molar-refractivity contribution is 9.10.